The average molecular weight is 525 g/mol. The van der Waals surface area contributed by atoms with Crippen molar-refractivity contribution in [1.29, 1.82) is 0 Å². The van der Waals surface area contributed by atoms with Gasteiger partial charge in [0.1, 0.15) is 5.75 Å². The Morgan fingerprint density at radius 3 is 2.58 bits per heavy atom. The number of ether oxygens (including phenoxy) is 1. The molecule has 1 aliphatic heterocycles. The average Bonchev–Trinajstić information content (AvgIpc) is 3.74. The number of alkyl halides is 3. The lowest BCUT2D eigenvalue weighted by atomic mass is 9.57. The minimum absolute atomic E-state index is 0.0348. The van der Waals surface area contributed by atoms with Crippen LogP contribution in [0.4, 0.5) is 13.2 Å². The number of likely N-dealkylation sites (tertiary alicyclic amines) is 1. The molecule has 0 aromatic heterocycles. The smallest absolute Gasteiger partial charge is 0.416 e. The Kier molecular flexibility index (Phi) is 7.46. The summed E-state index contributed by atoms with van der Waals surface area (Å²) in [6.45, 7) is 3.35. The van der Waals surface area contributed by atoms with Gasteiger partial charge in [-0.25, -0.2) is 0 Å². The molecular weight excluding hydrogens is 489 g/mol. The number of methoxy groups -OCH3 is 1. The van der Waals surface area contributed by atoms with Crippen LogP contribution in [0.2, 0.25) is 0 Å². The van der Waals surface area contributed by atoms with Crippen LogP contribution in [0.1, 0.15) is 55.2 Å². The molecule has 1 amide bonds. The molecular formula is C31H35F3N2O2. The van der Waals surface area contributed by atoms with Crippen molar-refractivity contribution in [2.75, 3.05) is 33.8 Å². The van der Waals surface area contributed by atoms with Gasteiger partial charge in [0.15, 0.2) is 0 Å². The maximum Gasteiger partial charge on any atom is 0.416 e. The second-order valence-corrected chi connectivity index (χ2v) is 11.2. The van der Waals surface area contributed by atoms with Crippen molar-refractivity contribution in [3.8, 4) is 17.6 Å². The van der Waals surface area contributed by atoms with Gasteiger partial charge in [0.05, 0.1) is 12.7 Å². The zero-order valence-corrected chi connectivity index (χ0v) is 22.1. The quantitative estimate of drug-likeness (QED) is 0.468. The summed E-state index contributed by atoms with van der Waals surface area (Å²) in [4.78, 5) is 17.5. The van der Waals surface area contributed by atoms with Crippen LogP contribution < -0.4 is 4.74 Å². The van der Waals surface area contributed by atoms with E-state index in [-0.39, 0.29) is 17.4 Å². The van der Waals surface area contributed by atoms with Crippen LogP contribution in [-0.4, -0.2) is 55.5 Å². The maximum atomic E-state index is 13.1. The Hall–Kier alpha value is -2.98. The first kappa shape index (κ1) is 26.6. The molecule has 0 bridgehead atoms. The lowest BCUT2D eigenvalue weighted by molar-refractivity contribution is -0.137. The van der Waals surface area contributed by atoms with Gasteiger partial charge in [0, 0.05) is 43.1 Å². The van der Waals surface area contributed by atoms with Crippen LogP contribution in [-0.2, 0) is 16.4 Å². The standard InChI is InChI=1S/C31H35F3N2O2/c1-35(29(37)15-10-22-8-11-24(12-9-22)31(32,33)34)27-14-13-26-21-36(20-23-6-7-23)17-16-30(26,19-27)25-4-3-5-28(18-25)38-2/h3-5,8-9,11-12,18,23,26-27H,6-7,13-14,16-17,19-21H2,1-2H3/t26-,27-,30+/m1/s1. The summed E-state index contributed by atoms with van der Waals surface area (Å²) in [5, 5.41) is 0. The Bertz CT molecular complexity index is 1210. The van der Waals surface area contributed by atoms with E-state index in [0.717, 1.165) is 62.6 Å². The molecule has 38 heavy (non-hydrogen) atoms. The second-order valence-electron chi connectivity index (χ2n) is 11.2. The predicted molar refractivity (Wildman–Crippen MR) is 141 cm³/mol. The summed E-state index contributed by atoms with van der Waals surface area (Å²) < 4.78 is 44.1. The number of amides is 1. The van der Waals surface area contributed by atoms with Gasteiger partial charge in [-0.15, -0.1) is 0 Å². The molecule has 3 fully saturated rings. The molecule has 2 aliphatic carbocycles. The SMILES string of the molecule is COc1cccc([C@@]23CCN(CC4CC4)C[C@H]2CC[C@@H](N(C)C(=O)C#Cc2ccc(C(F)(F)F)cc2)C3)c1. The number of nitrogens with zero attached hydrogens (tertiary/aromatic N) is 2. The van der Waals surface area contributed by atoms with Crippen molar-refractivity contribution in [3.05, 3.63) is 65.2 Å². The van der Waals surface area contributed by atoms with E-state index in [1.807, 2.05) is 6.07 Å². The van der Waals surface area contributed by atoms with Crippen LogP contribution in [0.3, 0.4) is 0 Å². The van der Waals surface area contributed by atoms with Crippen molar-refractivity contribution < 1.29 is 22.7 Å². The predicted octanol–water partition coefficient (Wildman–Crippen LogP) is 5.75. The van der Waals surface area contributed by atoms with E-state index < -0.39 is 11.7 Å². The summed E-state index contributed by atoms with van der Waals surface area (Å²) in [6.07, 6.45) is 2.17. The molecule has 0 N–H and O–H groups in total. The minimum Gasteiger partial charge on any atom is -0.497 e. The molecule has 0 unspecified atom stereocenters. The zero-order valence-electron chi connectivity index (χ0n) is 22.1. The van der Waals surface area contributed by atoms with Crippen LogP contribution in [0.25, 0.3) is 0 Å². The van der Waals surface area contributed by atoms with Crippen molar-refractivity contribution in [2.24, 2.45) is 11.8 Å². The van der Waals surface area contributed by atoms with Crippen molar-refractivity contribution in [1.82, 2.24) is 9.80 Å². The molecule has 0 spiro atoms. The summed E-state index contributed by atoms with van der Waals surface area (Å²) in [5.41, 5.74) is 0.912. The summed E-state index contributed by atoms with van der Waals surface area (Å²) in [5.74, 6) is 7.34. The van der Waals surface area contributed by atoms with Gasteiger partial charge in [-0.1, -0.05) is 18.1 Å². The normalized spacial score (nSPS) is 25.6. The zero-order chi connectivity index (χ0) is 26.9. The van der Waals surface area contributed by atoms with E-state index in [9.17, 15) is 18.0 Å². The fourth-order valence-electron chi connectivity index (χ4n) is 6.41. The number of rotatable bonds is 5. The highest BCUT2D eigenvalue weighted by Gasteiger charge is 2.49. The van der Waals surface area contributed by atoms with Crippen LogP contribution in [0, 0.1) is 23.7 Å². The van der Waals surface area contributed by atoms with Gasteiger partial charge in [-0.05, 0) is 98.9 Å². The van der Waals surface area contributed by atoms with E-state index in [1.54, 1.807) is 19.1 Å². The lowest BCUT2D eigenvalue weighted by Crippen LogP contribution is -2.56. The molecule has 3 atom stereocenters. The third-order valence-corrected chi connectivity index (χ3v) is 8.83. The Labute approximate surface area is 223 Å². The van der Waals surface area contributed by atoms with Gasteiger partial charge in [0.25, 0.3) is 5.91 Å². The van der Waals surface area contributed by atoms with E-state index >= 15 is 0 Å². The fourth-order valence-corrected chi connectivity index (χ4v) is 6.41. The molecule has 4 nitrogen and oxygen atoms in total. The van der Waals surface area contributed by atoms with Crippen molar-refractivity contribution in [2.45, 2.75) is 56.2 Å². The summed E-state index contributed by atoms with van der Waals surface area (Å²) in [6, 6.07) is 13.1. The van der Waals surface area contributed by atoms with Crippen LogP contribution in [0.15, 0.2) is 48.5 Å². The number of piperidine rings is 1. The molecule has 7 heteroatoms. The molecule has 1 saturated heterocycles. The van der Waals surface area contributed by atoms with Gasteiger partial charge >= 0.3 is 6.18 Å². The highest BCUT2D eigenvalue weighted by Crippen LogP contribution is 2.51. The van der Waals surface area contributed by atoms with Crippen LogP contribution >= 0.6 is 0 Å². The fraction of sp³-hybridized carbons (Fsp3) is 0.516. The molecule has 2 aromatic rings. The third-order valence-electron chi connectivity index (χ3n) is 8.83. The van der Waals surface area contributed by atoms with E-state index in [2.05, 4.69) is 34.9 Å². The first-order valence-corrected chi connectivity index (χ1v) is 13.5. The minimum atomic E-state index is -4.40. The Morgan fingerprint density at radius 2 is 1.89 bits per heavy atom. The van der Waals surface area contributed by atoms with Gasteiger partial charge in [0.2, 0.25) is 0 Å². The highest BCUT2D eigenvalue weighted by molar-refractivity contribution is 5.94. The highest BCUT2D eigenvalue weighted by atomic mass is 19.4. The first-order valence-electron chi connectivity index (χ1n) is 13.5. The van der Waals surface area contributed by atoms with Crippen LogP contribution in [0.5, 0.6) is 5.75 Å². The lowest BCUT2D eigenvalue weighted by Gasteiger charge is -2.54. The number of halogens is 3. The van der Waals surface area contributed by atoms with Crippen molar-refractivity contribution in [3.63, 3.8) is 0 Å². The molecule has 202 valence electrons. The maximum absolute atomic E-state index is 13.1. The number of fused-ring (bicyclic) bond motifs is 1. The largest absolute Gasteiger partial charge is 0.497 e. The molecule has 2 saturated carbocycles. The third kappa shape index (κ3) is 5.71. The van der Waals surface area contributed by atoms with E-state index in [1.165, 1.54) is 37.1 Å². The number of carbonyl (C=O) groups excluding carboxylic acids is 1. The van der Waals surface area contributed by atoms with Gasteiger partial charge in [-0.2, -0.15) is 13.2 Å². The monoisotopic (exact) mass is 524 g/mol. The summed E-state index contributed by atoms with van der Waals surface area (Å²) >= 11 is 0. The number of benzene rings is 2. The van der Waals surface area contributed by atoms with E-state index in [4.69, 9.17) is 4.74 Å². The first-order chi connectivity index (χ1) is 18.2. The van der Waals surface area contributed by atoms with Gasteiger partial charge < -0.3 is 14.5 Å². The van der Waals surface area contributed by atoms with Crippen molar-refractivity contribution >= 4 is 5.91 Å². The van der Waals surface area contributed by atoms with Gasteiger partial charge in [-0.3, -0.25) is 4.79 Å². The molecule has 5 rings (SSSR count). The molecule has 1 heterocycles. The van der Waals surface area contributed by atoms with E-state index in [0.29, 0.717) is 11.5 Å². The Morgan fingerprint density at radius 1 is 1.13 bits per heavy atom. The second kappa shape index (κ2) is 10.6. The summed E-state index contributed by atoms with van der Waals surface area (Å²) in [7, 11) is 3.49. The molecule has 0 radical (unpaired) electrons. The number of hydrogen-bond donors (Lipinski definition) is 0. The molecule has 3 aliphatic rings. The Balaban J connectivity index is 1.33. The number of carbonyl (C=O) groups is 1. The number of hydrogen-bond acceptors (Lipinski definition) is 3. The molecule has 2 aromatic carbocycles. The topological polar surface area (TPSA) is 32.8 Å².